The van der Waals surface area contributed by atoms with Gasteiger partial charge < -0.3 is 5.73 Å². The van der Waals surface area contributed by atoms with Crippen LogP contribution in [0.2, 0.25) is 0 Å². The van der Waals surface area contributed by atoms with Crippen molar-refractivity contribution < 1.29 is 34.9 Å². The summed E-state index contributed by atoms with van der Waals surface area (Å²) >= 11 is 0. The first kappa shape index (κ1) is 21.6. The van der Waals surface area contributed by atoms with Gasteiger partial charge in [0.15, 0.2) is 18.5 Å². The molecule has 3 N–H and O–H groups in total. The molecule has 0 amide bonds. The van der Waals surface area contributed by atoms with E-state index in [4.69, 9.17) is 10.3 Å². The standard InChI is InChI=1S/C7H11F5O3S.C3H7N/c8-2-1-4(9)6(11)7(12)5(10)3-16(13,14)15;1-2-3-4/h4-7H,1-3H2,(H,13,14,15);2H,1,3-4H2. The minimum absolute atomic E-state index is 0.583. The van der Waals surface area contributed by atoms with Crippen molar-refractivity contribution in [3.63, 3.8) is 0 Å². The van der Waals surface area contributed by atoms with Gasteiger partial charge in [0.25, 0.3) is 10.1 Å². The van der Waals surface area contributed by atoms with Gasteiger partial charge in [-0.1, -0.05) is 6.08 Å². The highest BCUT2D eigenvalue weighted by Crippen LogP contribution is 2.20. The van der Waals surface area contributed by atoms with Crippen molar-refractivity contribution >= 4 is 10.1 Å². The van der Waals surface area contributed by atoms with Gasteiger partial charge in [0, 0.05) is 13.0 Å². The van der Waals surface area contributed by atoms with Crippen LogP contribution < -0.4 is 5.73 Å². The quantitative estimate of drug-likeness (QED) is 0.404. The average molecular weight is 327 g/mol. The predicted octanol–water partition coefficient (Wildman–Crippen LogP) is 1.72. The van der Waals surface area contributed by atoms with E-state index >= 15 is 0 Å². The topological polar surface area (TPSA) is 80.4 Å². The normalized spacial score (nSPS) is 17.4. The molecule has 4 nitrogen and oxygen atoms in total. The molecule has 0 heterocycles. The summed E-state index contributed by atoms with van der Waals surface area (Å²) in [6.07, 6.45) is -10.8. The number of alkyl halides is 5. The molecule has 0 aliphatic carbocycles. The second kappa shape index (κ2) is 11.0. The third-order valence-corrected chi connectivity index (χ3v) is 2.66. The Morgan fingerprint density at radius 2 is 1.55 bits per heavy atom. The molecule has 0 aromatic heterocycles. The summed E-state index contributed by atoms with van der Waals surface area (Å²) in [6, 6.07) is 0. The molecule has 0 aromatic rings. The minimum atomic E-state index is -4.82. The van der Waals surface area contributed by atoms with Crippen molar-refractivity contribution in [3.8, 4) is 0 Å². The number of halogens is 5. The van der Waals surface area contributed by atoms with E-state index in [0.29, 0.717) is 6.54 Å². The Labute approximate surface area is 114 Å². The maximum atomic E-state index is 12.8. The molecule has 10 heteroatoms. The van der Waals surface area contributed by atoms with Crippen LogP contribution in [0.15, 0.2) is 12.7 Å². The third kappa shape index (κ3) is 11.1. The zero-order valence-corrected chi connectivity index (χ0v) is 11.4. The van der Waals surface area contributed by atoms with Crippen LogP contribution in [0.1, 0.15) is 6.42 Å². The number of hydrogen-bond acceptors (Lipinski definition) is 3. The van der Waals surface area contributed by atoms with Crippen LogP contribution in [0.4, 0.5) is 22.0 Å². The zero-order chi connectivity index (χ0) is 16.3. The molecule has 0 saturated carbocycles. The largest absolute Gasteiger partial charge is 0.327 e. The summed E-state index contributed by atoms with van der Waals surface area (Å²) in [5.74, 6) is -1.67. The molecule has 4 unspecified atom stereocenters. The SMILES string of the molecule is C=CCN.O=S(=O)(O)CC(F)C(F)C(F)C(F)CCF. The highest BCUT2D eigenvalue weighted by Gasteiger charge is 2.37. The highest BCUT2D eigenvalue weighted by molar-refractivity contribution is 7.85. The van der Waals surface area contributed by atoms with Crippen LogP contribution >= 0.6 is 0 Å². The number of nitrogens with two attached hydrogens (primary N) is 1. The van der Waals surface area contributed by atoms with Crippen molar-refractivity contribution in [3.05, 3.63) is 12.7 Å². The average Bonchev–Trinajstić information content (AvgIpc) is 2.35. The second-order valence-corrected chi connectivity index (χ2v) is 5.17. The van der Waals surface area contributed by atoms with Gasteiger partial charge in [0.1, 0.15) is 11.9 Å². The maximum Gasteiger partial charge on any atom is 0.267 e. The second-order valence-electron chi connectivity index (χ2n) is 3.67. The molecule has 0 bridgehead atoms. The smallest absolute Gasteiger partial charge is 0.267 e. The first-order valence-corrected chi connectivity index (χ1v) is 7.10. The van der Waals surface area contributed by atoms with Gasteiger partial charge in [-0.25, -0.2) is 17.6 Å². The Bertz CT molecular complexity index is 355. The van der Waals surface area contributed by atoms with Crippen molar-refractivity contribution in [2.24, 2.45) is 5.73 Å². The van der Waals surface area contributed by atoms with E-state index in [2.05, 4.69) is 6.58 Å². The van der Waals surface area contributed by atoms with E-state index in [-0.39, 0.29) is 0 Å². The van der Waals surface area contributed by atoms with Crippen molar-refractivity contribution in [1.29, 1.82) is 0 Å². The fourth-order valence-corrected chi connectivity index (χ4v) is 1.54. The molecule has 0 saturated heterocycles. The monoisotopic (exact) mass is 327 g/mol. The van der Waals surface area contributed by atoms with Crippen LogP contribution in [0.5, 0.6) is 0 Å². The van der Waals surface area contributed by atoms with Gasteiger partial charge in [-0.05, 0) is 0 Å². The Morgan fingerprint density at radius 1 is 1.15 bits per heavy atom. The summed E-state index contributed by atoms with van der Waals surface area (Å²) in [5.41, 5.74) is 4.91. The summed E-state index contributed by atoms with van der Waals surface area (Å²) in [5, 5.41) is 0. The van der Waals surface area contributed by atoms with E-state index in [0.717, 1.165) is 0 Å². The lowest BCUT2D eigenvalue weighted by molar-refractivity contribution is 0.0340. The van der Waals surface area contributed by atoms with Crippen molar-refractivity contribution in [2.45, 2.75) is 31.1 Å². The minimum Gasteiger partial charge on any atom is -0.327 e. The Balaban J connectivity index is 0. The molecule has 20 heavy (non-hydrogen) atoms. The lowest BCUT2D eigenvalue weighted by atomic mass is 10.1. The third-order valence-electron chi connectivity index (χ3n) is 1.92. The predicted molar refractivity (Wildman–Crippen MR) is 65.8 cm³/mol. The molecule has 4 atom stereocenters. The molecular formula is C10H18F5NO3S. The van der Waals surface area contributed by atoms with Crippen LogP contribution in [0.3, 0.4) is 0 Å². The molecular weight excluding hydrogens is 309 g/mol. The molecule has 0 rings (SSSR count). The summed E-state index contributed by atoms with van der Waals surface area (Å²) < 4.78 is 90.9. The fraction of sp³-hybridized carbons (Fsp3) is 0.800. The lowest BCUT2D eigenvalue weighted by Crippen LogP contribution is -2.38. The molecule has 0 aliphatic rings. The molecule has 122 valence electrons. The van der Waals surface area contributed by atoms with Gasteiger partial charge in [-0.15, -0.1) is 6.58 Å². The van der Waals surface area contributed by atoms with Crippen molar-refractivity contribution in [1.82, 2.24) is 0 Å². The van der Waals surface area contributed by atoms with Crippen LogP contribution in [0, 0.1) is 0 Å². The van der Waals surface area contributed by atoms with Crippen molar-refractivity contribution in [2.75, 3.05) is 19.0 Å². The van der Waals surface area contributed by atoms with Crippen LogP contribution in [-0.2, 0) is 10.1 Å². The molecule has 0 spiro atoms. The summed E-state index contributed by atoms with van der Waals surface area (Å²) in [6.45, 7) is 2.69. The van der Waals surface area contributed by atoms with E-state index in [1.807, 2.05) is 0 Å². The maximum absolute atomic E-state index is 12.8. The number of hydrogen-bond donors (Lipinski definition) is 2. The van der Waals surface area contributed by atoms with Gasteiger partial charge in [-0.2, -0.15) is 8.42 Å². The van der Waals surface area contributed by atoms with Gasteiger partial charge in [-0.3, -0.25) is 8.94 Å². The van der Waals surface area contributed by atoms with E-state index < -0.39 is 53.7 Å². The first-order valence-electron chi connectivity index (χ1n) is 5.49. The molecule has 0 radical (unpaired) electrons. The van der Waals surface area contributed by atoms with E-state index in [9.17, 15) is 30.4 Å². The van der Waals surface area contributed by atoms with Crippen LogP contribution in [0.25, 0.3) is 0 Å². The Morgan fingerprint density at radius 3 is 1.85 bits per heavy atom. The first-order chi connectivity index (χ1) is 9.10. The Kier molecular flexibility index (Phi) is 11.8. The van der Waals surface area contributed by atoms with Crippen LogP contribution in [-0.4, -0.2) is 56.6 Å². The molecule has 0 aromatic carbocycles. The van der Waals surface area contributed by atoms with Gasteiger partial charge in [0.2, 0.25) is 0 Å². The van der Waals surface area contributed by atoms with Gasteiger partial charge in [0.05, 0.1) is 6.67 Å². The summed E-state index contributed by atoms with van der Waals surface area (Å²) in [4.78, 5) is 0. The Hall–Kier alpha value is -0.740. The van der Waals surface area contributed by atoms with E-state index in [1.165, 1.54) is 0 Å². The molecule has 0 fully saturated rings. The molecule has 0 aliphatic heterocycles. The fourth-order valence-electron chi connectivity index (χ4n) is 0.956. The highest BCUT2D eigenvalue weighted by atomic mass is 32.2. The van der Waals surface area contributed by atoms with E-state index in [1.54, 1.807) is 6.08 Å². The number of rotatable bonds is 8. The summed E-state index contributed by atoms with van der Waals surface area (Å²) in [7, 11) is -4.82. The lowest BCUT2D eigenvalue weighted by Gasteiger charge is -2.18. The van der Waals surface area contributed by atoms with Gasteiger partial charge >= 0.3 is 0 Å². The zero-order valence-electron chi connectivity index (χ0n) is 10.6.